The number of rotatable bonds is 9. The molecule has 0 bridgehead atoms. The average Bonchev–Trinajstić information content (AvgIpc) is 4.00. The van der Waals surface area contributed by atoms with E-state index in [1.807, 2.05) is 55.4 Å². The fourth-order valence-corrected chi connectivity index (χ4v) is 9.80. The normalized spacial score (nSPS) is 29.8. The van der Waals surface area contributed by atoms with E-state index in [-0.39, 0.29) is 75.3 Å². The molecule has 3 heterocycles. The molecule has 0 aromatic carbocycles. The monoisotopic (exact) mass is 1020 g/mol. The fourth-order valence-electron chi connectivity index (χ4n) is 9.80. The van der Waals surface area contributed by atoms with Gasteiger partial charge in [0, 0.05) is 41.3 Å². The lowest BCUT2D eigenvalue weighted by Crippen LogP contribution is -2.62. The summed E-state index contributed by atoms with van der Waals surface area (Å²) in [5.41, 5.74) is 0. The number of aliphatic hydroxyl groups excluding tert-OH is 1. The Hall–Kier alpha value is -5.34. The highest BCUT2D eigenvalue weighted by atomic mass is 16.3. The quantitative estimate of drug-likeness (QED) is 0.217. The van der Waals surface area contributed by atoms with Crippen molar-refractivity contribution in [3.8, 4) is 0 Å². The van der Waals surface area contributed by atoms with Gasteiger partial charge in [-0.3, -0.25) is 47.9 Å². The zero-order valence-electron chi connectivity index (χ0n) is 45.9. The Morgan fingerprint density at radius 1 is 0.417 bits per heavy atom. The van der Waals surface area contributed by atoms with Gasteiger partial charge in [0.05, 0.1) is 6.10 Å². The van der Waals surface area contributed by atoms with Crippen molar-refractivity contribution in [2.24, 2.45) is 23.7 Å². The van der Waals surface area contributed by atoms with Gasteiger partial charge < -0.3 is 55.8 Å². The molecule has 0 unspecified atom stereocenters. The third-order valence-electron chi connectivity index (χ3n) is 14.3. The molecule has 5 N–H and O–H groups in total. The third-order valence-corrected chi connectivity index (χ3v) is 14.3. The molecule has 408 valence electrons. The van der Waals surface area contributed by atoms with E-state index in [2.05, 4.69) is 21.3 Å². The highest BCUT2D eigenvalue weighted by Gasteiger charge is 2.45. The summed E-state index contributed by atoms with van der Waals surface area (Å²) >= 11 is 0. The van der Waals surface area contributed by atoms with Gasteiger partial charge in [0.25, 0.3) is 0 Å². The molecule has 0 aromatic heterocycles. The minimum Gasteiger partial charge on any atom is -0.391 e. The molecule has 3 fully saturated rings. The lowest BCUT2D eigenvalue weighted by Gasteiger charge is -2.36. The average molecular weight is 1020 g/mol. The minimum atomic E-state index is -1.53. The summed E-state index contributed by atoms with van der Waals surface area (Å²) < 4.78 is 0. The van der Waals surface area contributed by atoms with Gasteiger partial charge in [-0.2, -0.15) is 0 Å². The van der Waals surface area contributed by atoms with E-state index in [1.54, 1.807) is 0 Å². The standard InChI is InChI=1S/C51H88N10O11/c1-27(2)23-35-46(67)56(13)31(9)42(63)54-37(25-29(5)6)48(69)60-21-17-19-39(60)50(71)58(15)33(11)44(65)53-36(24-28(3)4)47(68)59(16)41(34(12)62)45(66)55-38(26-30(7)8)49(70)61-22-18-20-40(61)51(72)57(14)32(10)43(64)52-35/h27-41,62H,17-26H2,1-16H3,(H,52,64)(H,53,65)(H,54,63)(H,55,66)/t31-,32-,33-,34+,35-,36-,37-,38-,39+,40+,41-/m0/s1. The Balaban J connectivity index is 2.16. The van der Waals surface area contributed by atoms with Crippen LogP contribution in [0.2, 0.25) is 0 Å². The second kappa shape index (κ2) is 26.6. The first-order valence-electron chi connectivity index (χ1n) is 26.0. The molecule has 0 saturated carbocycles. The van der Waals surface area contributed by atoms with Crippen molar-refractivity contribution < 1.29 is 53.1 Å². The SMILES string of the molecule is CC(C)C[C@@H]1NC(=O)[C@H](C)N(C)C(=O)[C@H]2CCCN2C(=O)[C@H](CC(C)C)NC(=O)[C@H](C)N(C)C(=O)[C@H](CC(C)C)NC(=O)[C@H](C)N(C)C(=O)[C@H]2CCCN2C(=O)[C@H](CC(C)C)NC(=O)[C@H]([C@@H](C)O)N(C)C1=O. The van der Waals surface area contributed by atoms with Gasteiger partial charge in [-0.25, -0.2) is 0 Å². The molecule has 11 atom stereocenters. The molecule has 0 aromatic rings. The largest absolute Gasteiger partial charge is 0.391 e. The Morgan fingerprint density at radius 3 is 0.972 bits per heavy atom. The van der Waals surface area contributed by atoms with Crippen molar-refractivity contribution in [3.05, 3.63) is 0 Å². The van der Waals surface area contributed by atoms with Crippen LogP contribution < -0.4 is 21.3 Å². The molecule has 72 heavy (non-hydrogen) atoms. The maximum absolute atomic E-state index is 14.5. The van der Waals surface area contributed by atoms with Crippen LogP contribution in [0, 0.1) is 23.7 Å². The number of carbonyl (C=O) groups excluding carboxylic acids is 10. The van der Waals surface area contributed by atoms with Crippen LogP contribution in [0.15, 0.2) is 0 Å². The van der Waals surface area contributed by atoms with E-state index in [1.165, 1.54) is 80.4 Å². The zero-order chi connectivity index (χ0) is 54.8. The number of fused-ring (bicyclic) bond motifs is 2. The Morgan fingerprint density at radius 2 is 0.681 bits per heavy atom. The predicted octanol–water partition coefficient (Wildman–Crippen LogP) is 0.854. The van der Waals surface area contributed by atoms with E-state index >= 15 is 0 Å². The summed E-state index contributed by atoms with van der Waals surface area (Å²) in [5, 5.41) is 22.3. The van der Waals surface area contributed by atoms with Gasteiger partial charge in [0.15, 0.2) is 0 Å². The van der Waals surface area contributed by atoms with Crippen molar-refractivity contribution in [2.75, 3.05) is 41.3 Å². The molecule has 3 aliphatic heterocycles. The van der Waals surface area contributed by atoms with E-state index in [0.717, 1.165) is 4.90 Å². The second-order valence-corrected chi connectivity index (χ2v) is 22.2. The van der Waals surface area contributed by atoms with Crippen LogP contribution in [0.4, 0.5) is 0 Å². The van der Waals surface area contributed by atoms with Crippen LogP contribution in [0.25, 0.3) is 0 Å². The summed E-state index contributed by atoms with van der Waals surface area (Å²) in [5.74, 6) is -6.66. The van der Waals surface area contributed by atoms with Crippen LogP contribution >= 0.6 is 0 Å². The van der Waals surface area contributed by atoms with Crippen LogP contribution in [0.5, 0.6) is 0 Å². The maximum atomic E-state index is 14.5. The topological polar surface area (TPSA) is 258 Å². The van der Waals surface area contributed by atoms with Crippen LogP contribution in [0.3, 0.4) is 0 Å². The number of hydrogen-bond donors (Lipinski definition) is 5. The Kier molecular flexibility index (Phi) is 22.5. The third kappa shape index (κ3) is 15.3. The number of amides is 10. The van der Waals surface area contributed by atoms with Gasteiger partial charge >= 0.3 is 0 Å². The fraction of sp³-hybridized carbons (Fsp3) is 0.804. The number of nitrogens with one attached hydrogen (secondary N) is 4. The number of aliphatic hydroxyl groups is 1. The molecule has 3 aliphatic rings. The number of hydrogen-bond acceptors (Lipinski definition) is 11. The molecule has 0 radical (unpaired) electrons. The van der Waals surface area contributed by atoms with Gasteiger partial charge in [-0.15, -0.1) is 0 Å². The van der Waals surface area contributed by atoms with E-state index in [4.69, 9.17) is 0 Å². The number of carbonyl (C=O) groups is 10. The lowest BCUT2D eigenvalue weighted by molar-refractivity contribution is -0.150. The minimum absolute atomic E-state index is 0.0812. The molecule has 21 nitrogen and oxygen atoms in total. The van der Waals surface area contributed by atoms with Gasteiger partial charge in [0.2, 0.25) is 59.1 Å². The summed E-state index contributed by atoms with van der Waals surface area (Å²) in [4.78, 5) is 150. The first-order chi connectivity index (χ1) is 33.4. The van der Waals surface area contributed by atoms with E-state index in [0.29, 0.717) is 12.8 Å². The molecule has 3 saturated heterocycles. The predicted molar refractivity (Wildman–Crippen MR) is 270 cm³/mol. The van der Waals surface area contributed by atoms with Crippen LogP contribution in [0.1, 0.15) is 134 Å². The summed E-state index contributed by atoms with van der Waals surface area (Å²) in [6.07, 6.45) is 0.685. The summed E-state index contributed by atoms with van der Waals surface area (Å²) in [7, 11) is 5.62. The molecule has 3 rings (SSSR count). The molecule has 10 amide bonds. The summed E-state index contributed by atoms with van der Waals surface area (Å²) in [6, 6.07) is -11.5. The van der Waals surface area contributed by atoms with Crippen molar-refractivity contribution >= 4 is 59.1 Å². The van der Waals surface area contributed by atoms with Crippen molar-refractivity contribution in [3.63, 3.8) is 0 Å². The Labute approximate surface area is 427 Å². The van der Waals surface area contributed by atoms with E-state index in [9.17, 15) is 53.1 Å². The van der Waals surface area contributed by atoms with Crippen molar-refractivity contribution in [1.82, 2.24) is 50.7 Å². The molecule has 0 spiro atoms. The van der Waals surface area contributed by atoms with Gasteiger partial charge in [-0.1, -0.05) is 55.4 Å². The van der Waals surface area contributed by atoms with Gasteiger partial charge in [0.1, 0.15) is 60.4 Å². The highest BCUT2D eigenvalue weighted by molar-refractivity contribution is 5.99. The lowest BCUT2D eigenvalue weighted by atomic mass is 9.99. The first-order valence-corrected chi connectivity index (χ1v) is 26.0. The van der Waals surface area contributed by atoms with E-state index < -0.39 is 126 Å². The molecule has 21 heteroatoms. The maximum Gasteiger partial charge on any atom is 0.246 e. The highest BCUT2D eigenvalue weighted by Crippen LogP contribution is 2.25. The van der Waals surface area contributed by atoms with Gasteiger partial charge in [-0.05, 0) is 103 Å². The number of nitrogens with zero attached hydrogens (tertiary/aromatic N) is 6. The molecular weight excluding hydrogens is 929 g/mol. The summed E-state index contributed by atoms with van der Waals surface area (Å²) in [6.45, 7) is 21.1. The van der Waals surface area contributed by atoms with Crippen molar-refractivity contribution in [1.29, 1.82) is 0 Å². The Bertz CT molecular complexity index is 1980. The first kappa shape index (κ1) is 61.0. The van der Waals surface area contributed by atoms with Crippen LogP contribution in [-0.2, 0) is 47.9 Å². The zero-order valence-corrected chi connectivity index (χ0v) is 45.9. The second-order valence-electron chi connectivity index (χ2n) is 22.2. The smallest absolute Gasteiger partial charge is 0.246 e. The van der Waals surface area contributed by atoms with Crippen LogP contribution in [-0.4, -0.2) is 201 Å². The molecular formula is C51H88N10O11. The molecule has 0 aliphatic carbocycles. The van der Waals surface area contributed by atoms with Crippen molar-refractivity contribution in [2.45, 2.75) is 201 Å². The number of likely N-dealkylation sites (N-methyl/N-ethyl adjacent to an activating group) is 4.